The standard InChI is InChI=1S/C20H22N4O3/c1-13-15(18(24-27-13)14-8-6-5-7-9-14)12-26-17-11-21-16(10-22-17)19(25)23-20(2,3)4/h5-11H,12H2,1-4H3,(H,23,25). The number of nitrogens with zero attached hydrogens (tertiary/aromatic N) is 3. The third-order valence-corrected chi connectivity index (χ3v) is 3.75. The van der Waals surface area contributed by atoms with Crippen LogP contribution in [0.2, 0.25) is 0 Å². The summed E-state index contributed by atoms with van der Waals surface area (Å²) in [6.45, 7) is 7.79. The second-order valence-electron chi connectivity index (χ2n) is 7.16. The average Bonchev–Trinajstić information content (AvgIpc) is 3.00. The van der Waals surface area contributed by atoms with E-state index in [1.54, 1.807) is 0 Å². The largest absolute Gasteiger partial charge is 0.471 e. The lowest BCUT2D eigenvalue weighted by molar-refractivity contribution is 0.0913. The van der Waals surface area contributed by atoms with Crippen molar-refractivity contribution in [2.75, 3.05) is 0 Å². The number of nitrogens with one attached hydrogen (secondary N) is 1. The fraction of sp³-hybridized carbons (Fsp3) is 0.300. The molecule has 0 radical (unpaired) electrons. The summed E-state index contributed by atoms with van der Waals surface area (Å²) >= 11 is 0. The highest BCUT2D eigenvalue weighted by molar-refractivity contribution is 5.92. The highest BCUT2D eigenvalue weighted by Gasteiger charge is 2.18. The third-order valence-electron chi connectivity index (χ3n) is 3.75. The molecule has 0 saturated carbocycles. The Morgan fingerprint density at radius 1 is 1.15 bits per heavy atom. The van der Waals surface area contributed by atoms with E-state index in [0.717, 1.165) is 16.8 Å². The summed E-state index contributed by atoms with van der Waals surface area (Å²) in [5.41, 5.74) is 2.43. The highest BCUT2D eigenvalue weighted by atomic mass is 16.5. The van der Waals surface area contributed by atoms with E-state index >= 15 is 0 Å². The van der Waals surface area contributed by atoms with E-state index in [0.29, 0.717) is 11.6 Å². The van der Waals surface area contributed by atoms with Crippen LogP contribution in [0.5, 0.6) is 5.88 Å². The molecule has 27 heavy (non-hydrogen) atoms. The van der Waals surface area contributed by atoms with E-state index in [9.17, 15) is 4.79 Å². The van der Waals surface area contributed by atoms with Crippen molar-refractivity contribution in [3.05, 3.63) is 59.7 Å². The second kappa shape index (κ2) is 7.57. The van der Waals surface area contributed by atoms with Crippen LogP contribution in [0, 0.1) is 6.92 Å². The minimum Gasteiger partial charge on any atom is -0.471 e. The van der Waals surface area contributed by atoms with Gasteiger partial charge < -0.3 is 14.6 Å². The first kappa shape index (κ1) is 18.6. The van der Waals surface area contributed by atoms with Gasteiger partial charge in [-0.3, -0.25) is 4.79 Å². The highest BCUT2D eigenvalue weighted by Crippen LogP contribution is 2.26. The van der Waals surface area contributed by atoms with Gasteiger partial charge in [0.1, 0.15) is 23.8 Å². The third kappa shape index (κ3) is 4.69. The lowest BCUT2D eigenvalue weighted by Gasteiger charge is -2.19. The lowest BCUT2D eigenvalue weighted by Crippen LogP contribution is -2.40. The molecule has 0 fully saturated rings. The van der Waals surface area contributed by atoms with Gasteiger partial charge in [0, 0.05) is 11.1 Å². The molecular weight excluding hydrogens is 344 g/mol. The molecule has 0 aliphatic rings. The van der Waals surface area contributed by atoms with E-state index in [1.807, 2.05) is 58.0 Å². The van der Waals surface area contributed by atoms with Crippen LogP contribution in [-0.2, 0) is 6.61 Å². The molecule has 0 aliphatic carbocycles. The first-order valence-electron chi connectivity index (χ1n) is 8.61. The van der Waals surface area contributed by atoms with Gasteiger partial charge in [-0.2, -0.15) is 0 Å². The Morgan fingerprint density at radius 3 is 2.52 bits per heavy atom. The molecule has 2 aromatic heterocycles. The normalized spacial score (nSPS) is 11.3. The van der Waals surface area contributed by atoms with Gasteiger partial charge in [-0.05, 0) is 27.7 Å². The summed E-state index contributed by atoms with van der Waals surface area (Å²) in [4.78, 5) is 20.4. The Kier molecular flexibility index (Phi) is 5.21. The van der Waals surface area contributed by atoms with Crippen molar-refractivity contribution >= 4 is 5.91 Å². The summed E-state index contributed by atoms with van der Waals surface area (Å²) in [5.74, 6) is 0.729. The van der Waals surface area contributed by atoms with Crippen molar-refractivity contribution in [1.82, 2.24) is 20.4 Å². The van der Waals surface area contributed by atoms with Gasteiger partial charge in [-0.15, -0.1) is 0 Å². The summed E-state index contributed by atoms with van der Waals surface area (Å²) < 4.78 is 11.0. The monoisotopic (exact) mass is 366 g/mol. The molecule has 0 bridgehead atoms. The van der Waals surface area contributed by atoms with Gasteiger partial charge in [-0.25, -0.2) is 9.97 Å². The number of ether oxygens (including phenoxy) is 1. The Hall–Kier alpha value is -3.22. The number of aromatic nitrogens is 3. The second-order valence-corrected chi connectivity index (χ2v) is 7.16. The lowest BCUT2D eigenvalue weighted by atomic mass is 10.1. The van der Waals surface area contributed by atoms with Crippen molar-refractivity contribution in [2.24, 2.45) is 0 Å². The Morgan fingerprint density at radius 2 is 1.89 bits per heavy atom. The molecule has 0 aliphatic heterocycles. The molecule has 0 saturated heterocycles. The number of amides is 1. The number of rotatable bonds is 5. The van der Waals surface area contributed by atoms with Crippen LogP contribution in [-0.4, -0.2) is 26.6 Å². The molecule has 1 N–H and O–H groups in total. The molecule has 1 aromatic carbocycles. The maximum Gasteiger partial charge on any atom is 0.271 e. The van der Waals surface area contributed by atoms with Crippen LogP contribution in [0.25, 0.3) is 11.3 Å². The Labute approximate surface area is 157 Å². The van der Waals surface area contributed by atoms with Crippen LogP contribution in [0.4, 0.5) is 0 Å². The Bertz CT molecular complexity index is 913. The maximum atomic E-state index is 12.1. The molecule has 7 heteroatoms. The van der Waals surface area contributed by atoms with Gasteiger partial charge in [0.15, 0.2) is 0 Å². The minimum atomic E-state index is -0.340. The van der Waals surface area contributed by atoms with Gasteiger partial charge >= 0.3 is 0 Å². The van der Waals surface area contributed by atoms with Crippen LogP contribution in [0.15, 0.2) is 47.2 Å². The number of aryl methyl sites for hydroxylation is 1. The van der Waals surface area contributed by atoms with Gasteiger partial charge in [-0.1, -0.05) is 35.5 Å². The molecular formula is C20H22N4O3. The first-order valence-corrected chi connectivity index (χ1v) is 8.61. The summed E-state index contributed by atoms with van der Waals surface area (Å²) in [7, 11) is 0. The Balaban J connectivity index is 1.70. The molecule has 3 rings (SSSR count). The SMILES string of the molecule is Cc1onc(-c2ccccc2)c1COc1cnc(C(=O)NC(C)(C)C)cn1. The van der Waals surface area contributed by atoms with Crippen LogP contribution in [0.1, 0.15) is 42.6 Å². The summed E-state index contributed by atoms with van der Waals surface area (Å²) in [6.07, 6.45) is 2.83. The molecule has 140 valence electrons. The molecule has 0 unspecified atom stereocenters. The average molecular weight is 366 g/mol. The quantitative estimate of drug-likeness (QED) is 0.743. The van der Waals surface area contributed by atoms with Crippen molar-refractivity contribution < 1.29 is 14.1 Å². The predicted octanol–water partition coefficient (Wildman–Crippen LogP) is 3.55. The van der Waals surface area contributed by atoms with Gasteiger partial charge in [0.05, 0.1) is 18.0 Å². The van der Waals surface area contributed by atoms with Crippen LogP contribution < -0.4 is 10.1 Å². The van der Waals surface area contributed by atoms with E-state index in [2.05, 4.69) is 20.4 Å². The van der Waals surface area contributed by atoms with E-state index in [1.165, 1.54) is 12.4 Å². The molecule has 3 aromatic rings. The zero-order valence-corrected chi connectivity index (χ0v) is 15.8. The van der Waals surface area contributed by atoms with Crippen LogP contribution in [0.3, 0.4) is 0 Å². The van der Waals surface area contributed by atoms with Crippen molar-refractivity contribution in [2.45, 2.75) is 39.8 Å². The smallest absolute Gasteiger partial charge is 0.271 e. The van der Waals surface area contributed by atoms with E-state index in [-0.39, 0.29) is 23.7 Å². The van der Waals surface area contributed by atoms with Crippen molar-refractivity contribution in [3.63, 3.8) is 0 Å². The van der Waals surface area contributed by atoms with Crippen molar-refractivity contribution in [3.8, 4) is 17.1 Å². The van der Waals surface area contributed by atoms with E-state index in [4.69, 9.17) is 9.26 Å². The molecule has 2 heterocycles. The zero-order chi connectivity index (χ0) is 19.4. The number of carbonyl (C=O) groups is 1. The first-order chi connectivity index (χ1) is 12.8. The topological polar surface area (TPSA) is 90.1 Å². The molecule has 0 spiro atoms. The number of hydrogen-bond donors (Lipinski definition) is 1. The minimum absolute atomic E-state index is 0.238. The zero-order valence-electron chi connectivity index (χ0n) is 15.8. The predicted molar refractivity (Wildman–Crippen MR) is 100 cm³/mol. The number of carbonyl (C=O) groups excluding carboxylic acids is 1. The fourth-order valence-electron chi connectivity index (χ4n) is 2.44. The maximum absolute atomic E-state index is 12.1. The van der Waals surface area contributed by atoms with Gasteiger partial charge in [0.2, 0.25) is 5.88 Å². The van der Waals surface area contributed by atoms with Crippen LogP contribution >= 0.6 is 0 Å². The summed E-state index contributed by atoms with van der Waals surface area (Å²) in [6, 6.07) is 9.75. The summed E-state index contributed by atoms with van der Waals surface area (Å²) in [5, 5.41) is 6.97. The molecule has 0 atom stereocenters. The molecule has 7 nitrogen and oxygen atoms in total. The van der Waals surface area contributed by atoms with Gasteiger partial charge in [0.25, 0.3) is 5.91 Å². The van der Waals surface area contributed by atoms with Crippen molar-refractivity contribution in [1.29, 1.82) is 0 Å². The number of hydrogen-bond acceptors (Lipinski definition) is 6. The molecule has 1 amide bonds. The van der Waals surface area contributed by atoms with E-state index < -0.39 is 0 Å². The fourth-order valence-corrected chi connectivity index (χ4v) is 2.44. The number of benzene rings is 1.